The zero-order valence-electron chi connectivity index (χ0n) is 12.2. The van der Waals surface area contributed by atoms with Crippen LogP contribution in [0.15, 0.2) is 41.9 Å². The maximum Gasteiger partial charge on any atom is 0.123 e. The molecule has 0 amide bonds. The Hall–Kier alpha value is -1.91. The van der Waals surface area contributed by atoms with Crippen molar-refractivity contribution in [1.29, 1.82) is 0 Å². The summed E-state index contributed by atoms with van der Waals surface area (Å²) in [7, 11) is 1.72. The molecule has 1 heterocycles. The molecule has 0 fully saturated rings. The highest BCUT2D eigenvalue weighted by atomic mass is 32.1. The Balaban J connectivity index is 1.83. The van der Waals surface area contributed by atoms with E-state index in [1.807, 2.05) is 18.5 Å². The van der Waals surface area contributed by atoms with Gasteiger partial charge in [0, 0.05) is 23.5 Å². The normalized spacial score (nSPS) is 11.0. The Labute approximate surface area is 128 Å². The molecule has 3 nitrogen and oxygen atoms in total. The number of aryl methyl sites for hydroxylation is 1. The third-order valence-corrected chi connectivity index (χ3v) is 4.58. The molecule has 108 valence electrons. The molecule has 0 aliphatic rings. The molecule has 0 aliphatic carbocycles. The molecule has 1 aromatic heterocycles. The Morgan fingerprint density at radius 1 is 1.14 bits per heavy atom. The monoisotopic (exact) mass is 298 g/mol. The lowest BCUT2D eigenvalue weighted by Gasteiger charge is -2.13. The fraction of sp³-hybridized carbons (Fsp3) is 0.235. The standard InChI is InChI=1S/C17H18N2OS/c1-12-17(21-11-19-12)10-18-9-15-14-6-4-3-5-13(14)7-8-16(15)20-2/h3-8,11,18H,9-10H2,1-2H3. The summed E-state index contributed by atoms with van der Waals surface area (Å²) in [5.74, 6) is 0.933. The maximum atomic E-state index is 5.52. The fourth-order valence-electron chi connectivity index (χ4n) is 2.49. The van der Waals surface area contributed by atoms with E-state index in [1.54, 1.807) is 18.4 Å². The van der Waals surface area contributed by atoms with Gasteiger partial charge in [-0.2, -0.15) is 0 Å². The van der Waals surface area contributed by atoms with Crippen LogP contribution in [-0.2, 0) is 13.1 Å². The van der Waals surface area contributed by atoms with Crippen LogP contribution in [0.3, 0.4) is 0 Å². The lowest BCUT2D eigenvalue weighted by Crippen LogP contribution is -2.13. The van der Waals surface area contributed by atoms with E-state index in [4.69, 9.17) is 4.74 Å². The lowest BCUT2D eigenvalue weighted by atomic mass is 10.0. The van der Waals surface area contributed by atoms with Crippen LogP contribution < -0.4 is 10.1 Å². The first kappa shape index (κ1) is 14.0. The van der Waals surface area contributed by atoms with Gasteiger partial charge in [0.05, 0.1) is 18.3 Å². The van der Waals surface area contributed by atoms with Crippen molar-refractivity contribution in [3.8, 4) is 5.75 Å². The number of rotatable bonds is 5. The van der Waals surface area contributed by atoms with E-state index in [1.165, 1.54) is 21.2 Å². The van der Waals surface area contributed by atoms with Crippen molar-refractivity contribution in [2.45, 2.75) is 20.0 Å². The van der Waals surface area contributed by atoms with Crippen molar-refractivity contribution in [2.75, 3.05) is 7.11 Å². The predicted molar refractivity (Wildman–Crippen MR) is 87.9 cm³/mol. The summed E-state index contributed by atoms with van der Waals surface area (Å²) in [6.45, 7) is 3.66. The summed E-state index contributed by atoms with van der Waals surface area (Å²) >= 11 is 1.69. The first-order chi connectivity index (χ1) is 10.3. The van der Waals surface area contributed by atoms with Gasteiger partial charge in [-0.3, -0.25) is 0 Å². The highest BCUT2D eigenvalue weighted by Crippen LogP contribution is 2.28. The fourth-order valence-corrected chi connectivity index (χ4v) is 3.23. The molecule has 0 atom stereocenters. The van der Waals surface area contributed by atoms with Gasteiger partial charge < -0.3 is 10.1 Å². The number of fused-ring (bicyclic) bond motifs is 1. The molecule has 0 aliphatic heterocycles. The Bertz CT molecular complexity index is 751. The summed E-state index contributed by atoms with van der Waals surface area (Å²) < 4.78 is 5.52. The van der Waals surface area contributed by atoms with E-state index >= 15 is 0 Å². The minimum Gasteiger partial charge on any atom is -0.496 e. The van der Waals surface area contributed by atoms with E-state index in [0.717, 1.165) is 24.5 Å². The zero-order chi connectivity index (χ0) is 14.7. The molecular formula is C17H18N2OS. The van der Waals surface area contributed by atoms with Gasteiger partial charge >= 0.3 is 0 Å². The number of hydrogen-bond acceptors (Lipinski definition) is 4. The van der Waals surface area contributed by atoms with Crippen molar-refractivity contribution >= 4 is 22.1 Å². The van der Waals surface area contributed by atoms with Crippen LogP contribution >= 0.6 is 11.3 Å². The number of thiazole rings is 1. The van der Waals surface area contributed by atoms with Gasteiger partial charge in [0.2, 0.25) is 0 Å². The molecule has 0 radical (unpaired) electrons. The summed E-state index contributed by atoms with van der Waals surface area (Å²) in [5, 5.41) is 5.98. The van der Waals surface area contributed by atoms with Crippen molar-refractivity contribution < 1.29 is 4.74 Å². The van der Waals surface area contributed by atoms with Gasteiger partial charge in [-0.05, 0) is 23.8 Å². The number of methoxy groups -OCH3 is 1. The highest BCUT2D eigenvalue weighted by molar-refractivity contribution is 7.09. The van der Waals surface area contributed by atoms with Crippen molar-refractivity contribution in [3.05, 3.63) is 58.0 Å². The van der Waals surface area contributed by atoms with E-state index in [0.29, 0.717) is 0 Å². The van der Waals surface area contributed by atoms with Gasteiger partial charge in [0.25, 0.3) is 0 Å². The Kier molecular flexibility index (Phi) is 4.18. The van der Waals surface area contributed by atoms with Gasteiger partial charge in [0.15, 0.2) is 0 Å². The molecule has 0 saturated carbocycles. The lowest BCUT2D eigenvalue weighted by molar-refractivity contribution is 0.408. The smallest absolute Gasteiger partial charge is 0.123 e. The SMILES string of the molecule is COc1ccc2ccccc2c1CNCc1scnc1C. The second-order valence-corrected chi connectivity index (χ2v) is 5.87. The second kappa shape index (κ2) is 6.24. The minimum atomic E-state index is 0.780. The zero-order valence-corrected chi connectivity index (χ0v) is 13.0. The summed E-state index contributed by atoms with van der Waals surface area (Å²) in [6.07, 6.45) is 0. The summed E-state index contributed by atoms with van der Waals surface area (Å²) in [6, 6.07) is 12.5. The average Bonchev–Trinajstić information content (AvgIpc) is 2.93. The number of hydrogen-bond donors (Lipinski definition) is 1. The Morgan fingerprint density at radius 3 is 2.76 bits per heavy atom. The van der Waals surface area contributed by atoms with Crippen LogP contribution in [0.5, 0.6) is 5.75 Å². The number of ether oxygens (including phenoxy) is 1. The highest BCUT2D eigenvalue weighted by Gasteiger charge is 2.08. The van der Waals surface area contributed by atoms with Gasteiger partial charge in [0.1, 0.15) is 5.75 Å². The first-order valence-electron chi connectivity index (χ1n) is 6.94. The molecule has 1 N–H and O–H groups in total. The topological polar surface area (TPSA) is 34.1 Å². The van der Waals surface area contributed by atoms with E-state index in [2.05, 4.69) is 40.6 Å². The number of nitrogens with one attached hydrogen (secondary N) is 1. The predicted octanol–water partition coefficient (Wildman–Crippen LogP) is 3.90. The van der Waals surface area contributed by atoms with Gasteiger partial charge in [-0.15, -0.1) is 11.3 Å². The van der Waals surface area contributed by atoms with Crippen LogP contribution in [0, 0.1) is 6.92 Å². The number of aromatic nitrogens is 1. The maximum absolute atomic E-state index is 5.52. The van der Waals surface area contributed by atoms with Crippen molar-refractivity contribution in [1.82, 2.24) is 10.3 Å². The molecule has 0 bridgehead atoms. The number of benzene rings is 2. The van der Waals surface area contributed by atoms with E-state index in [9.17, 15) is 0 Å². The number of nitrogens with zero attached hydrogens (tertiary/aromatic N) is 1. The quantitative estimate of drug-likeness (QED) is 0.775. The Morgan fingerprint density at radius 2 is 2.00 bits per heavy atom. The average molecular weight is 298 g/mol. The van der Waals surface area contributed by atoms with Crippen LogP contribution in [-0.4, -0.2) is 12.1 Å². The molecular weight excluding hydrogens is 280 g/mol. The third kappa shape index (κ3) is 2.91. The molecule has 3 rings (SSSR count). The van der Waals surface area contributed by atoms with Crippen molar-refractivity contribution in [2.24, 2.45) is 0 Å². The van der Waals surface area contributed by atoms with Gasteiger partial charge in [-0.25, -0.2) is 4.98 Å². The summed E-state index contributed by atoms with van der Waals surface area (Å²) in [4.78, 5) is 5.57. The molecule has 3 aromatic rings. The van der Waals surface area contributed by atoms with Crippen LogP contribution in [0.4, 0.5) is 0 Å². The molecule has 0 unspecified atom stereocenters. The van der Waals surface area contributed by atoms with E-state index < -0.39 is 0 Å². The largest absolute Gasteiger partial charge is 0.496 e. The molecule has 21 heavy (non-hydrogen) atoms. The third-order valence-electron chi connectivity index (χ3n) is 3.65. The first-order valence-corrected chi connectivity index (χ1v) is 7.82. The van der Waals surface area contributed by atoms with Crippen LogP contribution in [0.2, 0.25) is 0 Å². The summed E-state index contributed by atoms with van der Waals surface area (Å²) in [5.41, 5.74) is 4.21. The van der Waals surface area contributed by atoms with E-state index in [-0.39, 0.29) is 0 Å². The van der Waals surface area contributed by atoms with Crippen LogP contribution in [0.1, 0.15) is 16.1 Å². The van der Waals surface area contributed by atoms with Gasteiger partial charge in [-0.1, -0.05) is 30.3 Å². The molecule has 2 aromatic carbocycles. The van der Waals surface area contributed by atoms with Crippen LogP contribution in [0.25, 0.3) is 10.8 Å². The molecule has 0 saturated heterocycles. The molecule has 4 heteroatoms. The molecule has 0 spiro atoms. The second-order valence-electron chi connectivity index (χ2n) is 4.93. The minimum absolute atomic E-state index is 0.780. The van der Waals surface area contributed by atoms with Crippen molar-refractivity contribution in [3.63, 3.8) is 0 Å².